The van der Waals surface area contributed by atoms with E-state index in [1.165, 1.54) is 19.3 Å². The van der Waals surface area contributed by atoms with E-state index in [9.17, 15) is 4.79 Å². The van der Waals surface area contributed by atoms with E-state index in [-0.39, 0.29) is 12.5 Å². The normalized spacial score (nSPS) is 14.8. The molecule has 4 rings (SSSR count). The summed E-state index contributed by atoms with van der Waals surface area (Å²) < 4.78 is 5.85. The number of amides is 1. The molecule has 2 heterocycles. The number of aromatic nitrogens is 4. The van der Waals surface area contributed by atoms with Gasteiger partial charge in [0.25, 0.3) is 5.91 Å². The van der Waals surface area contributed by atoms with Crippen molar-refractivity contribution in [3.8, 4) is 5.75 Å². The van der Waals surface area contributed by atoms with Crippen molar-refractivity contribution in [3.63, 3.8) is 0 Å². The van der Waals surface area contributed by atoms with Crippen LogP contribution in [0.15, 0.2) is 24.3 Å². The van der Waals surface area contributed by atoms with Crippen LogP contribution >= 0.6 is 11.6 Å². The van der Waals surface area contributed by atoms with Gasteiger partial charge in [-0.1, -0.05) is 42.1 Å². The van der Waals surface area contributed by atoms with Crippen LogP contribution in [0.4, 0.5) is 5.82 Å². The second-order valence-electron chi connectivity index (χ2n) is 7.36. The van der Waals surface area contributed by atoms with Gasteiger partial charge in [-0.25, -0.2) is 10.1 Å². The number of nitrogens with zero attached hydrogens (tertiary/aromatic N) is 4. The summed E-state index contributed by atoms with van der Waals surface area (Å²) in [5, 5.41) is 10.8. The summed E-state index contributed by atoms with van der Waals surface area (Å²) in [5.41, 5.74) is 8.09. The molecule has 2 aromatic heterocycles. The van der Waals surface area contributed by atoms with Crippen molar-refractivity contribution in [2.24, 2.45) is 0 Å². The molecule has 3 aromatic rings. The SMILES string of the molecule is CN(C(=O)c1ccc(COc2cc(N)nc3[nH]nnc23)c(Cl)c1)C1CCCCC1. The summed E-state index contributed by atoms with van der Waals surface area (Å²) in [7, 11) is 1.88. The number of nitrogen functional groups attached to an aromatic ring is 1. The summed E-state index contributed by atoms with van der Waals surface area (Å²) in [6.07, 6.45) is 5.74. The standard InChI is InChI=1S/C20H23ClN6O2/c1-27(14-5-3-2-4-6-14)20(28)12-7-8-13(15(21)9-12)11-29-16-10-17(22)23-19-18(16)24-26-25-19/h7-10,14H,2-6,11H2,1H3,(H3,22,23,24,25,26). The number of rotatable bonds is 5. The largest absolute Gasteiger partial charge is 0.486 e. The van der Waals surface area contributed by atoms with Crippen LogP contribution in [0.3, 0.4) is 0 Å². The minimum atomic E-state index is -0.00233. The molecule has 1 fully saturated rings. The predicted molar refractivity (Wildman–Crippen MR) is 111 cm³/mol. The van der Waals surface area contributed by atoms with Gasteiger partial charge < -0.3 is 15.4 Å². The van der Waals surface area contributed by atoms with Crippen LogP contribution in [-0.2, 0) is 6.61 Å². The number of nitrogens with two attached hydrogens (primary N) is 1. The average molecular weight is 415 g/mol. The van der Waals surface area contributed by atoms with Gasteiger partial charge in [-0.15, -0.1) is 5.10 Å². The Bertz CT molecular complexity index is 1030. The van der Waals surface area contributed by atoms with Gasteiger partial charge >= 0.3 is 0 Å². The van der Waals surface area contributed by atoms with Crippen molar-refractivity contribution in [2.45, 2.75) is 44.8 Å². The van der Waals surface area contributed by atoms with Crippen LogP contribution in [-0.4, -0.2) is 44.3 Å². The highest BCUT2D eigenvalue weighted by atomic mass is 35.5. The van der Waals surface area contributed by atoms with Crippen molar-refractivity contribution in [3.05, 3.63) is 40.4 Å². The Kier molecular flexibility index (Phi) is 5.53. The Morgan fingerprint density at radius 1 is 1.31 bits per heavy atom. The zero-order valence-electron chi connectivity index (χ0n) is 16.2. The molecule has 0 radical (unpaired) electrons. The highest BCUT2D eigenvalue weighted by molar-refractivity contribution is 6.31. The number of carbonyl (C=O) groups is 1. The summed E-state index contributed by atoms with van der Waals surface area (Å²) in [6.45, 7) is 0.206. The van der Waals surface area contributed by atoms with Gasteiger partial charge in [0.2, 0.25) is 0 Å². The van der Waals surface area contributed by atoms with Gasteiger partial charge in [0.15, 0.2) is 16.9 Å². The molecule has 0 saturated heterocycles. The topological polar surface area (TPSA) is 110 Å². The quantitative estimate of drug-likeness (QED) is 0.660. The molecular formula is C20H23ClN6O2. The number of aromatic amines is 1. The molecule has 29 heavy (non-hydrogen) atoms. The van der Waals surface area contributed by atoms with Gasteiger partial charge in [0.1, 0.15) is 12.4 Å². The Morgan fingerprint density at radius 3 is 2.86 bits per heavy atom. The van der Waals surface area contributed by atoms with Crippen molar-refractivity contribution < 1.29 is 9.53 Å². The number of H-pyrrole nitrogens is 1. The van der Waals surface area contributed by atoms with Crippen molar-refractivity contribution in [1.29, 1.82) is 0 Å². The number of fused-ring (bicyclic) bond motifs is 1. The minimum absolute atomic E-state index is 0.00233. The Labute approximate surface area is 173 Å². The average Bonchev–Trinajstić information content (AvgIpc) is 3.20. The molecule has 1 aliphatic carbocycles. The first-order valence-corrected chi connectivity index (χ1v) is 10.1. The molecule has 8 nitrogen and oxygen atoms in total. The van der Waals surface area contributed by atoms with Gasteiger partial charge in [0, 0.05) is 35.3 Å². The number of halogens is 1. The summed E-state index contributed by atoms with van der Waals surface area (Å²) in [4.78, 5) is 18.8. The number of anilines is 1. The number of nitrogens with one attached hydrogen (secondary N) is 1. The van der Waals surface area contributed by atoms with Crippen LogP contribution in [0, 0.1) is 0 Å². The Balaban J connectivity index is 1.47. The van der Waals surface area contributed by atoms with Crippen LogP contribution in [0.2, 0.25) is 5.02 Å². The number of pyridine rings is 1. The molecule has 1 saturated carbocycles. The fourth-order valence-corrected chi connectivity index (χ4v) is 3.97. The lowest BCUT2D eigenvalue weighted by Crippen LogP contribution is -2.38. The highest BCUT2D eigenvalue weighted by Gasteiger charge is 2.23. The van der Waals surface area contributed by atoms with Gasteiger partial charge in [-0.2, -0.15) is 0 Å². The first-order valence-electron chi connectivity index (χ1n) is 9.68. The van der Waals surface area contributed by atoms with Gasteiger partial charge in [-0.3, -0.25) is 4.79 Å². The number of hydrogen-bond acceptors (Lipinski definition) is 6. The maximum atomic E-state index is 12.8. The summed E-state index contributed by atoms with van der Waals surface area (Å²) >= 11 is 6.44. The molecule has 0 spiro atoms. The Morgan fingerprint density at radius 2 is 2.10 bits per heavy atom. The lowest BCUT2D eigenvalue weighted by atomic mass is 9.94. The van der Waals surface area contributed by atoms with Crippen LogP contribution in [0.25, 0.3) is 11.2 Å². The van der Waals surface area contributed by atoms with Crippen LogP contribution < -0.4 is 10.5 Å². The van der Waals surface area contributed by atoms with E-state index in [0.29, 0.717) is 39.4 Å². The fourth-order valence-electron chi connectivity index (χ4n) is 3.73. The molecule has 3 N–H and O–H groups in total. The number of hydrogen-bond donors (Lipinski definition) is 2. The van der Waals surface area contributed by atoms with E-state index >= 15 is 0 Å². The first kappa shape index (κ1) is 19.4. The molecule has 152 valence electrons. The minimum Gasteiger partial charge on any atom is -0.486 e. The second kappa shape index (κ2) is 8.24. The molecule has 1 aliphatic rings. The van der Waals surface area contributed by atoms with Crippen molar-refractivity contribution in [1.82, 2.24) is 25.3 Å². The number of carbonyl (C=O) groups excluding carboxylic acids is 1. The van der Waals surface area contributed by atoms with Crippen LogP contribution in [0.5, 0.6) is 5.75 Å². The predicted octanol–water partition coefficient (Wildman–Crippen LogP) is 3.57. The number of ether oxygens (including phenoxy) is 1. The van der Waals surface area contributed by atoms with E-state index in [0.717, 1.165) is 18.4 Å². The first-order chi connectivity index (χ1) is 14.0. The van der Waals surface area contributed by atoms with Gasteiger partial charge in [0.05, 0.1) is 0 Å². The maximum absolute atomic E-state index is 12.8. The molecule has 1 amide bonds. The molecule has 0 bridgehead atoms. The summed E-state index contributed by atoms with van der Waals surface area (Å²) in [6, 6.07) is 7.21. The van der Waals surface area contributed by atoms with Gasteiger partial charge in [-0.05, 0) is 25.0 Å². The monoisotopic (exact) mass is 414 g/mol. The third kappa shape index (κ3) is 4.12. The van der Waals surface area contributed by atoms with E-state index in [1.807, 2.05) is 18.0 Å². The van der Waals surface area contributed by atoms with E-state index in [4.69, 9.17) is 22.1 Å². The maximum Gasteiger partial charge on any atom is 0.253 e. The third-order valence-corrected chi connectivity index (χ3v) is 5.76. The molecule has 0 atom stereocenters. The zero-order valence-corrected chi connectivity index (χ0v) is 16.9. The third-order valence-electron chi connectivity index (χ3n) is 5.41. The van der Waals surface area contributed by atoms with E-state index in [1.54, 1.807) is 18.2 Å². The lowest BCUT2D eigenvalue weighted by Gasteiger charge is -2.31. The fraction of sp³-hybridized carbons (Fsp3) is 0.400. The Hall–Kier alpha value is -2.87. The second-order valence-corrected chi connectivity index (χ2v) is 7.76. The van der Waals surface area contributed by atoms with E-state index in [2.05, 4.69) is 20.4 Å². The molecule has 0 unspecified atom stereocenters. The summed E-state index contributed by atoms with van der Waals surface area (Å²) in [5.74, 6) is 0.767. The molecule has 1 aromatic carbocycles. The lowest BCUT2D eigenvalue weighted by molar-refractivity contribution is 0.0696. The van der Waals surface area contributed by atoms with Crippen LogP contribution in [0.1, 0.15) is 48.0 Å². The van der Waals surface area contributed by atoms with Crippen molar-refractivity contribution >= 4 is 34.5 Å². The smallest absolute Gasteiger partial charge is 0.253 e. The molecule has 9 heteroatoms. The molecule has 0 aliphatic heterocycles. The molecular weight excluding hydrogens is 392 g/mol. The highest BCUT2D eigenvalue weighted by Crippen LogP contribution is 2.27. The van der Waals surface area contributed by atoms with Crippen molar-refractivity contribution in [2.75, 3.05) is 12.8 Å². The zero-order chi connectivity index (χ0) is 20.4. The van der Waals surface area contributed by atoms with E-state index < -0.39 is 0 Å². The number of benzene rings is 1.